The molecule has 3 aromatic carbocycles. The molecule has 4 aromatic rings. The maximum Gasteiger partial charge on any atom is 0.327 e. The van der Waals surface area contributed by atoms with Crippen LogP contribution in [0.3, 0.4) is 0 Å². The van der Waals surface area contributed by atoms with Crippen LogP contribution >= 0.6 is 15.9 Å². The van der Waals surface area contributed by atoms with Gasteiger partial charge in [0.25, 0.3) is 0 Å². The summed E-state index contributed by atoms with van der Waals surface area (Å²) in [5.74, 6) is -0.338. The number of nitrogens with zero attached hydrogens (tertiary/aromatic N) is 2. The molecule has 0 radical (unpaired) electrons. The van der Waals surface area contributed by atoms with Crippen LogP contribution in [-0.4, -0.2) is 29.9 Å². The minimum atomic E-state index is -0.338. The van der Waals surface area contributed by atoms with E-state index < -0.39 is 0 Å². The maximum atomic E-state index is 11.6. The third kappa shape index (κ3) is 5.41. The number of aromatic nitrogens is 1. The van der Waals surface area contributed by atoms with Crippen molar-refractivity contribution in [2.24, 2.45) is 5.10 Å². The van der Waals surface area contributed by atoms with E-state index in [0.29, 0.717) is 6.61 Å². The molecule has 0 atom stereocenters. The molecule has 1 N–H and O–H groups in total. The molecule has 33 heavy (non-hydrogen) atoms. The second-order valence-electron chi connectivity index (χ2n) is 7.28. The van der Waals surface area contributed by atoms with Gasteiger partial charge in [0.1, 0.15) is 6.54 Å². The normalized spacial score (nSPS) is 11.0. The van der Waals surface area contributed by atoms with Crippen LogP contribution in [0.25, 0.3) is 28.2 Å². The van der Waals surface area contributed by atoms with Gasteiger partial charge in [-0.1, -0.05) is 76.6 Å². The number of nitrogens with one attached hydrogen (secondary N) is 1. The first kappa shape index (κ1) is 22.6. The van der Waals surface area contributed by atoms with Gasteiger partial charge in [-0.3, -0.25) is 10.2 Å². The quantitative estimate of drug-likeness (QED) is 0.181. The van der Waals surface area contributed by atoms with E-state index >= 15 is 0 Å². The first-order valence-corrected chi connectivity index (χ1v) is 11.5. The van der Waals surface area contributed by atoms with Crippen LogP contribution in [0.5, 0.6) is 0 Å². The Morgan fingerprint density at radius 2 is 1.61 bits per heavy atom. The predicted octanol–water partition coefficient (Wildman–Crippen LogP) is 6.06. The molecule has 166 valence electrons. The van der Waals surface area contributed by atoms with Gasteiger partial charge in [0.05, 0.1) is 24.2 Å². The lowest BCUT2D eigenvalue weighted by molar-refractivity contribution is -0.141. The van der Waals surface area contributed by atoms with Crippen LogP contribution in [0.1, 0.15) is 12.5 Å². The Labute approximate surface area is 201 Å². The fourth-order valence-electron chi connectivity index (χ4n) is 3.64. The van der Waals surface area contributed by atoms with Crippen molar-refractivity contribution in [3.05, 3.63) is 101 Å². The smallest absolute Gasteiger partial charge is 0.327 e. The van der Waals surface area contributed by atoms with Gasteiger partial charge in [-0.15, -0.1) is 0 Å². The molecular formula is C27H24BrN3O2. The van der Waals surface area contributed by atoms with E-state index in [1.807, 2.05) is 48.5 Å². The fourth-order valence-corrected chi connectivity index (χ4v) is 3.90. The molecule has 0 saturated heterocycles. The molecule has 0 aliphatic heterocycles. The Bertz CT molecular complexity index is 1230. The van der Waals surface area contributed by atoms with E-state index in [-0.39, 0.29) is 12.5 Å². The van der Waals surface area contributed by atoms with Crippen LogP contribution < -0.4 is 5.43 Å². The molecule has 0 spiro atoms. The average Bonchev–Trinajstić information content (AvgIpc) is 3.23. The summed E-state index contributed by atoms with van der Waals surface area (Å²) in [4.78, 5) is 11.6. The minimum Gasteiger partial charge on any atom is -0.465 e. The molecule has 4 rings (SSSR count). The van der Waals surface area contributed by atoms with E-state index in [9.17, 15) is 4.79 Å². The summed E-state index contributed by atoms with van der Waals surface area (Å²) in [6, 6.07) is 30.9. The van der Waals surface area contributed by atoms with Gasteiger partial charge in [-0.05, 0) is 48.4 Å². The molecule has 0 aliphatic carbocycles. The summed E-state index contributed by atoms with van der Waals surface area (Å²) in [5, 5.41) is 4.31. The van der Waals surface area contributed by atoms with Crippen molar-refractivity contribution in [1.82, 2.24) is 9.99 Å². The van der Waals surface area contributed by atoms with Crippen molar-refractivity contribution in [3.63, 3.8) is 0 Å². The number of esters is 1. The second-order valence-corrected chi connectivity index (χ2v) is 8.19. The van der Waals surface area contributed by atoms with Gasteiger partial charge in [-0.2, -0.15) is 5.10 Å². The van der Waals surface area contributed by atoms with Crippen molar-refractivity contribution in [3.8, 4) is 28.2 Å². The zero-order chi connectivity index (χ0) is 23.0. The van der Waals surface area contributed by atoms with Crippen LogP contribution in [-0.2, 0) is 9.53 Å². The Morgan fingerprint density at radius 3 is 2.24 bits per heavy atom. The van der Waals surface area contributed by atoms with Crippen LogP contribution in [0.4, 0.5) is 0 Å². The summed E-state index contributed by atoms with van der Waals surface area (Å²) in [5.41, 5.74) is 8.98. The van der Waals surface area contributed by atoms with E-state index in [2.05, 4.69) is 73.5 Å². The SMILES string of the molecule is CCOC(=O)CN/N=C/c1cc(-c2ccccc2)n(-c2ccc(Br)cc2)c1-c1ccccc1. The number of benzene rings is 3. The lowest BCUT2D eigenvalue weighted by Crippen LogP contribution is -2.20. The van der Waals surface area contributed by atoms with Crippen LogP contribution in [0.15, 0.2) is 101 Å². The molecule has 5 nitrogen and oxygen atoms in total. The predicted molar refractivity (Wildman–Crippen MR) is 137 cm³/mol. The van der Waals surface area contributed by atoms with Crippen LogP contribution in [0.2, 0.25) is 0 Å². The van der Waals surface area contributed by atoms with Crippen molar-refractivity contribution in [2.45, 2.75) is 6.92 Å². The number of hydrogen-bond acceptors (Lipinski definition) is 4. The van der Waals surface area contributed by atoms with Gasteiger partial charge < -0.3 is 9.30 Å². The highest BCUT2D eigenvalue weighted by molar-refractivity contribution is 9.10. The monoisotopic (exact) mass is 501 g/mol. The number of hydrazone groups is 1. The third-order valence-corrected chi connectivity index (χ3v) is 5.58. The Kier molecular flexibility index (Phi) is 7.37. The summed E-state index contributed by atoms with van der Waals surface area (Å²) >= 11 is 3.54. The van der Waals surface area contributed by atoms with Gasteiger partial charge in [0.2, 0.25) is 0 Å². The topological polar surface area (TPSA) is 55.6 Å². The van der Waals surface area contributed by atoms with E-state index in [0.717, 1.165) is 38.2 Å². The Hall–Kier alpha value is -3.64. The standard InChI is InChI=1S/C27H24BrN3O2/c1-2-33-26(32)19-30-29-18-22-17-25(20-9-5-3-6-10-20)31(24-15-13-23(28)14-16-24)27(22)21-11-7-4-8-12-21/h3-18,30H,2,19H2,1H3/b29-18+. The van der Waals surface area contributed by atoms with Crippen LogP contribution in [0, 0.1) is 0 Å². The highest BCUT2D eigenvalue weighted by Crippen LogP contribution is 2.35. The largest absolute Gasteiger partial charge is 0.465 e. The molecular weight excluding hydrogens is 478 g/mol. The highest BCUT2D eigenvalue weighted by Gasteiger charge is 2.18. The number of rotatable bonds is 8. The maximum absolute atomic E-state index is 11.6. The minimum absolute atomic E-state index is 0.0178. The van der Waals surface area contributed by atoms with Crippen molar-refractivity contribution < 1.29 is 9.53 Å². The number of halogens is 1. The molecule has 0 fully saturated rings. The molecule has 0 aliphatic rings. The average molecular weight is 502 g/mol. The molecule has 0 amide bonds. The van der Waals surface area contributed by atoms with Crippen molar-refractivity contribution in [1.29, 1.82) is 0 Å². The molecule has 6 heteroatoms. The number of hydrogen-bond donors (Lipinski definition) is 1. The zero-order valence-electron chi connectivity index (χ0n) is 18.2. The summed E-state index contributed by atoms with van der Waals surface area (Å²) in [7, 11) is 0. The fraction of sp³-hybridized carbons (Fsp3) is 0.111. The van der Waals surface area contributed by atoms with Gasteiger partial charge in [0.15, 0.2) is 0 Å². The van der Waals surface area contributed by atoms with E-state index in [4.69, 9.17) is 4.74 Å². The Morgan fingerprint density at radius 1 is 0.970 bits per heavy atom. The lowest BCUT2D eigenvalue weighted by atomic mass is 10.1. The first-order valence-electron chi connectivity index (χ1n) is 10.7. The van der Waals surface area contributed by atoms with Gasteiger partial charge in [-0.25, -0.2) is 0 Å². The lowest BCUT2D eigenvalue weighted by Gasteiger charge is -2.15. The van der Waals surface area contributed by atoms with Gasteiger partial charge in [0, 0.05) is 15.7 Å². The summed E-state index contributed by atoms with van der Waals surface area (Å²) in [6.45, 7) is 2.14. The highest BCUT2D eigenvalue weighted by atomic mass is 79.9. The first-order chi connectivity index (χ1) is 16.2. The number of ether oxygens (including phenoxy) is 1. The summed E-state index contributed by atoms with van der Waals surface area (Å²) < 4.78 is 8.21. The molecule has 1 aromatic heterocycles. The zero-order valence-corrected chi connectivity index (χ0v) is 19.8. The third-order valence-electron chi connectivity index (χ3n) is 5.06. The van der Waals surface area contributed by atoms with E-state index in [1.165, 1.54) is 0 Å². The molecule has 0 saturated carbocycles. The molecule has 1 heterocycles. The Balaban J connectivity index is 1.85. The van der Waals surface area contributed by atoms with E-state index in [1.54, 1.807) is 13.1 Å². The number of carbonyl (C=O) groups excluding carboxylic acids is 1. The van der Waals surface area contributed by atoms with Gasteiger partial charge >= 0.3 is 5.97 Å². The number of carbonyl (C=O) groups is 1. The second kappa shape index (κ2) is 10.8. The van der Waals surface area contributed by atoms with Crippen molar-refractivity contribution in [2.75, 3.05) is 13.2 Å². The van der Waals surface area contributed by atoms with Crippen molar-refractivity contribution >= 4 is 28.1 Å². The summed E-state index contributed by atoms with van der Waals surface area (Å²) in [6.07, 6.45) is 1.75. The molecule has 0 bridgehead atoms. The molecule has 0 unspecified atom stereocenters.